The Morgan fingerprint density at radius 1 is 1.31 bits per heavy atom. The highest BCUT2D eigenvalue weighted by atomic mass is 32.1. The highest BCUT2D eigenvalue weighted by Crippen LogP contribution is 2.25. The van der Waals surface area contributed by atoms with E-state index in [1.807, 2.05) is 12.1 Å². The van der Waals surface area contributed by atoms with Gasteiger partial charge in [-0.2, -0.15) is 0 Å². The van der Waals surface area contributed by atoms with Crippen molar-refractivity contribution in [2.45, 2.75) is 18.6 Å². The van der Waals surface area contributed by atoms with Crippen molar-refractivity contribution in [3.05, 3.63) is 29.3 Å². The van der Waals surface area contributed by atoms with Crippen LogP contribution in [0.1, 0.15) is 18.1 Å². The lowest BCUT2D eigenvalue weighted by Gasteiger charge is -2.17. The molecule has 0 amide bonds. The molecule has 0 fully saturated rings. The average molecular weight is 239 g/mol. The van der Waals surface area contributed by atoms with Gasteiger partial charge in [-0.3, -0.25) is 0 Å². The van der Waals surface area contributed by atoms with Crippen molar-refractivity contribution in [2.24, 2.45) is 0 Å². The lowest BCUT2D eigenvalue weighted by molar-refractivity contribution is 0.00429. The minimum Gasteiger partial charge on any atom is -0.396 e. The van der Waals surface area contributed by atoms with Crippen LogP contribution < -0.4 is 0 Å². The number of aliphatic hydroxyl groups is 3. The lowest BCUT2D eigenvalue weighted by Crippen LogP contribution is -2.19. The third kappa shape index (κ3) is 2.22. The van der Waals surface area contributed by atoms with Gasteiger partial charge in [-0.1, -0.05) is 6.07 Å². The normalized spacial score (nSPS) is 15.2. The summed E-state index contributed by atoms with van der Waals surface area (Å²) in [5, 5.41) is 28.1. The minimum atomic E-state index is -0.960. The van der Waals surface area contributed by atoms with E-state index in [1.165, 1.54) is 11.3 Å². The molecule has 1 aromatic heterocycles. The fourth-order valence-electron chi connectivity index (χ4n) is 1.57. The van der Waals surface area contributed by atoms with Crippen LogP contribution >= 0.6 is 11.3 Å². The number of rotatable bonds is 4. The van der Waals surface area contributed by atoms with Crippen LogP contribution in [0.3, 0.4) is 0 Å². The fraction of sp³-hybridized carbons (Fsp3) is 0.364. The fourth-order valence-corrected chi connectivity index (χ4v) is 2.29. The summed E-state index contributed by atoms with van der Waals surface area (Å²) in [5.41, 5.74) is 3.28. The molecule has 0 radical (unpaired) electrons. The van der Waals surface area contributed by atoms with Crippen LogP contribution in [0.25, 0.3) is 10.2 Å². The van der Waals surface area contributed by atoms with Crippen molar-refractivity contribution in [3.63, 3.8) is 0 Å². The second kappa shape index (κ2) is 4.88. The zero-order valence-electron chi connectivity index (χ0n) is 8.58. The van der Waals surface area contributed by atoms with Crippen LogP contribution in [-0.4, -0.2) is 33.0 Å². The number of aromatic nitrogens is 1. The number of hydrogen-bond acceptors (Lipinski definition) is 5. The molecule has 0 spiro atoms. The zero-order valence-corrected chi connectivity index (χ0v) is 9.39. The largest absolute Gasteiger partial charge is 0.396 e. The molecule has 0 bridgehead atoms. The van der Waals surface area contributed by atoms with Crippen LogP contribution in [0.2, 0.25) is 0 Å². The van der Waals surface area contributed by atoms with Crippen LogP contribution in [-0.2, 0) is 0 Å². The first kappa shape index (κ1) is 11.5. The zero-order chi connectivity index (χ0) is 11.5. The first-order valence-corrected chi connectivity index (χ1v) is 5.90. The van der Waals surface area contributed by atoms with E-state index in [0.29, 0.717) is 5.56 Å². The molecule has 86 valence electrons. The Morgan fingerprint density at radius 3 is 2.88 bits per heavy atom. The summed E-state index contributed by atoms with van der Waals surface area (Å²) in [7, 11) is 0. The van der Waals surface area contributed by atoms with Gasteiger partial charge in [-0.15, -0.1) is 11.3 Å². The quantitative estimate of drug-likeness (QED) is 0.746. The molecule has 4 nitrogen and oxygen atoms in total. The van der Waals surface area contributed by atoms with Gasteiger partial charge in [0.2, 0.25) is 0 Å². The van der Waals surface area contributed by atoms with Gasteiger partial charge in [0.25, 0.3) is 0 Å². The van der Waals surface area contributed by atoms with Crippen molar-refractivity contribution >= 4 is 21.6 Å². The Hall–Kier alpha value is -1.01. The smallest absolute Gasteiger partial charge is 0.105 e. The van der Waals surface area contributed by atoms with E-state index >= 15 is 0 Å². The molecule has 0 aliphatic heterocycles. The summed E-state index contributed by atoms with van der Waals surface area (Å²) in [6.45, 7) is -0.138. The molecule has 0 saturated heterocycles. The van der Waals surface area contributed by atoms with Crippen molar-refractivity contribution in [2.75, 3.05) is 6.61 Å². The number of fused-ring (bicyclic) bond motifs is 1. The predicted octanol–water partition coefficient (Wildman–Crippen LogP) is 1.07. The van der Waals surface area contributed by atoms with E-state index in [1.54, 1.807) is 11.6 Å². The van der Waals surface area contributed by atoms with Gasteiger partial charge in [0, 0.05) is 6.61 Å². The molecule has 0 aliphatic rings. The monoisotopic (exact) mass is 239 g/mol. The average Bonchev–Trinajstić information content (AvgIpc) is 2.75. The maximum Gasteiger partial charge on any atom is 0.105 e. The van der Waals surface area contributed by atoms with E-state index in [4.69, 9.17) is 5.11 Å². The van der Waals surface area contributed by atoms with Gasteiger partial charge in [0.05, 0.1) is 21.8 Å². The summed E-state index contributed by atoms with van der Waals surface area (Å²) >= 11 is 1.49. The van der Waals surface area contributed by atoms with Gasteiger partial charge in [-0.05, 0) is 24.1 Å². The van der Waals surface area contributed by atoms with E-state index in [0.717, 1.165) is 10.2 Å². The van der Waals surface area contributed by atoms with Crippen LogP contribution in [0.5, 0.6) is 0 Å². The standard InChI is InChI=1S/C11H13NO3S/c13-4-3-9(14)11(15)7-1-2-8-10(5-7)16-6-12-8/h1-2,5-6,9,11,13-15H,3-4H2. The predicted molar refractivity (Wildman–Crippen MR) is 62.3 cm³/mol. The highest BCUT2D eigenvalue weighted by Gasteiger charge is 2.18. The Kier molecular flexibility index (Phi) is 3.50. The molecule has 2 rings (SSSR count). The maximum atomic E-state index is 9.84. The molecule has 1 aromatic carbocycles. The summed E-state index contributed by atoms with van der Waals surface area (Å²) in [5.74, 6) is 0. The van der Waals surface area contributed by atoms with Crippen LogP contribution in [0.4, 0.5) is 0 Å². The molecular weight excluding hydrogens is 226 g/mol. The number of aliphatic hydroxyl groups excluding tert-OH is 3. The number of nitrogens with zero attached hydrogens (tertiary/aromatic N) is 1. The van der Waals surface area contributed by atoms with E-state index in [2.05, 4.69) is 4.98 Å². The van der Waals surface area contributed by atoms with Gasteiger partial charge < -0.3 is 15.3 Å². The molecule has 3 N–H and O–H groups in total. The molecule has 16 heavy (non-hydrogen) atoms. The second-order valence-electron chi connectivity index (χ2n) is 3.60. The third-order valence-corrected chi connectivity index (χ3v) is 3.28. The topological polar surface area (TPSA) is 73.6 Å². The SMILES string of the molecule is OCCC(O)C(O)c1ccc2ncsc2c1. The summed E-state index contributed by atoms with van der Waals surface area (Å²) in [6, 6.07) is 5.38. The molecule has 2 aromatic rings. The van der Waals surface area contributed by atoms with Gasteiger partial charge >= 0.3 is 0 Å². The highest BCUT2D eigenvalue weighted by molar-refractivity contribution is 7.16. The van der Waals surface area contributed by atoms with Crippen molar-refractivity contribution in [1.29, 1.82) is 0 Å². The molecular formula is C11H13NO3S. The van der Waals surface area contributed by atoms with Gasteiger partial charge in [0.1, 0.15) is 6.10 Å². The second-order valence-corrected chi connectivity index (χ2v) is 4.49. The van der Waals surface area contributed by atoms with E-state index < -0.39 is 12.2 Å². The summed E-state index contributed by atoms with van der Waals surface area (Å²) in [4.78, 5) is 4.13. The molecule has 0 saturated carbocycles. The van der Waals surface area contributed by atoms with E-state index in [-0.39, 0.29) is 13.0 Å². The first-order valence-electron chi connectivity index (χ1n) is 5.02. The molecule has 2 unspecified atom stereocenters. The number of hydrogen-bond donors (Lipinski definition) is 3. The van der Waals surface area contributed by atoms with Gasteiger partial charge in [0.15, 0.2) is 0 Å². The molecule has 5 heteroatoms. The molecule has 0 aliphatic carbocycles. The Morgan fingerprint density at radius 2 is 2.12 bits per heavy atom. The maximum absolute atomic E-state index is 9.84. The molecule has 2 atom stereocenters. The molecule has 1 heterocycles. The van der Waals surface area contributed by atoms with Gasteiger partial charge in [-0.25, -0.2) is 4.98 Å². The lowest BCUT2D eigenvalue weighted by atomic mass is 10.0. The van der Waals surface area contributed by atoms with E-state index in [9.17, 15) is 10.2 Å². The van der Waals surface area contributed by atoms with Crippen molar-refractivity contribution < 1.29 is 15.3 Å². The minimum absolute atomic E-state index is 0.138. The Balaban J connectivity index is 2.24. The van der Waals surface area contributed by atoms with Crippen molar-refractivity contribution in [3.8, 4) is 0 Å². The number of thiazole rings is 1. The summed E-state index contributed by atoms with van der Waals surface area (Å²) in [6.07, 6.45) is -1.73. The number of benzene rings is 1. The third-order valence-electron chi connectivity index (χ3n) is 2.49. The summed E-state index contributed by atoms with van der Waals surface area (Å²) < 4.78 is 0.979. The first-order chi connectivity index (χ1) is 7.72. The van der Waals surface area contributed by atoms with Crippen LogP contribution in [0, 0.1) is 0 Å². The van der Waals surface area contributed by atoms with Crippen molar-refractivity contribution in [1.82, 2.24) is 4.98 Å². The Bertz CT molecular complexity index is 471. The van der Waals surface area contributed by atoms with Crippen LogP contribution in [0.15, 0.2) is 23.7 Å². The Labute approximate surface area is 96.8 Å².